The minimum absolute atomic E-state index is 0.135. The van der Waals surface area contributed by atoms with E-state index in [1.165, 1.54) is 0 Å². The SMILES string of the molecule is COc1cc(/C=C/C(=O)N2c3ccccc3Sc3ccccc32)cc(OC)c1OC. The largest absolute Gasteiger partial charge is 0.493 e. The van der Waals surface area contributed by atoms with Gasteiger partial charge in [0.1, 0.15) is 0 Å². The maximum atomic E-state index is 13.3. The number of fused-ring (bicyclic) bond motifs is 2. The molecular weight excluding hydrogens is 398 g/mol. The van der Waals surface area contributed by atoms with E-state index in [1.807, 2.05) is 48.5 Å². The fourth-order valence-electron chi connectivity index (χ4n) is 3.38. The zero-order valence-corrected chi connectivity index (χ0v) is 17.7. The lowest BCUT2D eigenvalue weighted by atomic mass is 10.1. The number of hydrogen-bond acceptors (Lipinski definition) is 5. The maximum Gasteiger partial charge on any atom is 0.255 e. The van der Waals surface area contributed by atoms with Crippen molar-refractivity contribution in [1.82, 2.24) is 0 Å². The number of anilines is 2. The number of carbonyl (C=O) groups is 1. The first-order chi connectivity index (χ1) is 14.7. The Morgan fingerprint density at radius 3 is 1.87 bits per heavy atom. The van der Waals surface area contributed by atoms with E-state index in [4.69, 9.17) is 14.2 Å². The van der Waals surface area contributed by atoms with E-state index in [0.29, 0.717) is 17.2 Å². The molecule has 0 N–H and O–H groups in total. The van der Waals surface area contributed by atoms with Crippen LogP contribution < -0.4 is 19.1 Å². The molecule has 0 radical (unpaired) electrons. The van der Waals surface area contributed by atoms with E-state index in [1.54, 1.807) is 62.3 Å². The van der Waals surface area contributed by atoms with E-state index in [9.17, 15) is 4.79 Å². The molecule has 30 heavy (non-hydrogen) atoms. The Kier molecular flexibility index (Phi) is 5.68. The van der Waals surface area contributed by atoms with Crippen molar-refractivity contribution in [3.8, 4) is 17.2 Å². The van der Waals surface area contributed by atoms with Gasteiger partial charge in [-0.2, -0.15) is 0 Å². The number of nitrogens with zero attached hydrogens (tertiary/aromatic N) is 1. The molecule has 5 nitrogen and oxygen atoms in total. The Bertz CT molecular complexity index is 1060. The molecule has 0 unspecified atom stereocenters. The van der Waals surface area contributed by atoms with Crippen LogP contribution in [0.25, 0.3) is 6.08 Å². The van der Waals surface area contributed by atoms with E-state index < -0.39 is 0 Å². The predicted octanol–water partition coefficient (Wildman–Crippen LogP) is 5.56. The van der Waals surface area contributed by atoms with Gasteiger partial charge in [0.05, 0.1) is 32.7 Å². The molecule has 1 aliphatic rings. The zero-order chi connectivity index (χ0) is 21.1. The molecule has 1 amide bonds. The smallest absolute Gasteiger partial charge is 0.255 e. The highest BCUT2D eigenvalue weighted by Gasteiger charge is 2.26. The molecule has 3 aromatic carbocycles. The number of hydrogen-bond donors (Lipinski definition) is 0. The minimum Gasteiger partial charge on any atom is -0.493 e. The number of benzene rings is 3. The molecule has 0 spiro atoms. The number of carbonyl (C=O) groups excluding carboxylic acids is 1. The quantitative estimate of drug-likeness (QED) is 0.507. The standard InChI is InChI=1S/C24H21NO4S/c1-27-19-14-16(15-20(28-2)24(19)29-3)12-13-23(26)25-17-8-4-6-10-21(17)30-22-11-7-5-9-18(22)25/h4-15H,1-3H3/b13-12+. The normalized spacial score (nSPS) is 12.3. The third kappa shape index (κ3) is 3.62. The third-order valence-electron chi connectivity index (χ3n) is 4.76. The van der Waals surface area contributed by atoms with Crippen LogP contribution in [0, 0.1) is 0 Å². The van der Waals surface area contributed by atoms with Crippen LogP contribution in [-0.4, -0.2) is 27.2 Å². The Morgan fingerprint density at radius 1 is 0.833 bits per heavy atom. The summed E-state index contributed by atoms with van der Waals surface area (Å²) < 4.78 is 16.2. The lowest BCUT2D eigenvalue weighted by molar-refractivity contribution is -0.113. The van der Waals surface area contributed by atoms with Crippen molar-refractivity contribution < 1.29 is 19.0 Å². The zero-order valence-electron chi connectivity index (χ0n) is 16.9. The van der Waals surface area contributed by atoms with E-state index in [-0.39, 0.29) is 5.91 Å². The van der Waals surface area contributed by atoms with Crippen molar-refractivity contribution in [1.29, 1.82) is 0 Å². The first-order valence-electron chi connectivity index (χ1n) is 9.34. The summed E-state index contributed by atoms with van der Waals surface area (Å²) in [6.45, 7) is 0. The van der Waals surface area contributed by atoms with Crippen LogP contribution in [0.15, 0.2) is 76.5 Å². The monoisotopic (exact) mass is 419 g/mol. The van der Waals surface area contributed by atoms with E-state index in [0.717, 1.165) is 26.7 Å². The minimum atomic E-state index is -0.135. The lowest BCUT2D eigenvalue weighted by Crippen LogP contribution is -2.26. The molecule has 0 atom stereocenters. The van der Waals surface area contributed by atoms with Gasteiger partial charge in [-0.25, -0.2) is 0 Å². The Morgan fingerprint density at radius 2 is 1.37 bits per heavy atom. The van der Waals surface area contributed by atoms with Gasteiger partial charge < -0.3 is 14.2 Å². The van der Waals surface area contributed by atoms with Gasteiger partial charge in [-0.1, -0.05) is 36.0 Å². The molecule has 1 heterocycles. The second-order valence-corrected chi connectivity index (χ2v) is 7.59. The topological polar surface area (TPSA) is 48.0 Å². The summed E-state index contributed by atoms with van der Waals surface area (Å²) in [5.74, 6) is 1.45. The first-order valence-corrected chi connectivity index (χ1v) is 10.2. The van der Waals surface area contributed by atoms with Crippen LogP contribution in [0.1, 0.15) is 5.56 Å². The average Bonchev–Trinajstić information content (AvgIpc) is 2.80. The second kappa shape index (κ2) is 8.55. The Labute approximate surface area is 179 Å². The van der Waals surface area contributed by atoms with Crippen molar-refractivity contribution >= 4 is 35.1 Å². The maximum absolute atomic E-state index is 13.3. The predicted molar refractivity (Wildman–Crippen MR) is 119 cm³/mol. The number of rotatable bonds is 5. The van der Waals surface area contributed by atoms with Gasteiger partial charge >= 0.3 is 0 Å². The molecule has 0 aliphatic carbocycles. The van der Waals surface area contributed by atoms with Gasteiger partial charge in [0.25, 0.3) is 5.91 Å². The van der Waals surface area contributed by atoms with Gasteiger partial charge in [0.15, 0.2) is 11.5 Å². The molecule has 0 fully saturated rings. The van der Waals surface area contributed by atoms with Gasteiger partial charge in [-0.15, -0.1) is 0 Å². The molecular formula is C24H21NO4S. The lowest BCUT2D eigenvalue weighted by Gasteiger charge is -2.30. The molecule has 0 saturated carbocycles. The number of para-hydroxylation sites is 2. The van der Waals surface area contributed by atoms with Crippen LogP contribution >= 0.6 is 11.8 Å². The highest BCUT2D eigenvalue weighted by Crippen LogP contribution is 2.48. The summed E-state index contributed by atoms with van der Waals surface area (Å²) >= 11 is 1.67. The fraction of sp³-hybridized carbons (Fsp3) is 0.125. The second-order valence-electron chi connectivity index (χ2n) is 6.50. The van der Waals surface area contributed by atoms with E-state index in [2.05, 4.69) is 0 Å². The average molecular weight is 420 g/mol. The van der Waals surface area contributed by atoms with Gasteiger partial charge in [0, 0.05) is 15.9 Å². The first kappa shape index (κ1) is 19.9. The molecule has 3 aromatic rings. The van der Waals surface area contributed by atoms with Crippen LogP contribution in [0.4, 0.5) is 11.4 Å². The van der Waals surface area contributed by atoms with Gasteiger partial charge in [-0.3, -0.25) is 9.69 Å². The summed E-state index contributed by atoms with van der Waals surface area (Å²) in [6.07, 6.45) is 3.31. The molecule has 152 valence electrons. The molecule has 1 aliphatic heterocycles. The van der Waals surface area contributed by atoms with Gasteiger partial charge in [0.2, 0.25) is 5.75 Å². The van der Waals surface area contributed by atoms with E-state index >= 15 is 0 Å². The number of amides is 1. The summed E-state index contributed by atoms with van der Waals surface area (Å²) in [7, 11) is 4.69. The van der Waals surface area contributed by atoms with Crippen LogP contribution in [0.3, 0.4) is 0 Å². The third-order valence-corrected chi connectivity index (χ3v) is 5.89. The molecule has 0 bridgehead atoms. The summed E-state index contributed by atoms with van der Waals surface area (Å²) in [4.78, 5) is 17.1. The summed E-state index contributed by atoms with van der Waals surface area (Å²) in [5, 5.41) is 0. The molecule has 0 saturated heterocycles. The van der Waals surface area contributed by atoms with Crippen molar-refractivity contribution in [2.24, 2.45) is 0 Å². The Balaban J connectivity index is 1.71. The van der Waals surface area contributed by atoms with Crippen LogP contribution in [-0.2, 0) is 4.79 Å². The van der Waals surface area contributed by atoms with Crippen molar-refractivity contribution in [3.63, 3.8) is 0 Å². The summed E-state index contributed by atoms with van der Waals surface area (Å²) in [5.41, 5.74) is 2.52. The van der Waals surface area contributed by atoms with Crippen LogP contribution in [0.5, 0.6) is 17.2 Å². The van der Waals surface area contributed by atoms with Crippen LogP contribution in [0.2, 0.25) is 0 Å². The van der Waals surface area contributed by atoms with Crippen molar-refractivity contribution in [2.45, 2.75) is 9.79 Å². The van der Waals surface area contributed by atoms with Crippen molar-refractivity contribution in [3.05, 3.63) is 72.3 Å². The number of methoxy groups -OCH3 is 3. The molecule has 0 aromatic heterocycles. The molecule has 6 heteroatoms. The Hall–Kier alpha value is -3.38. The number of ether oxygens (including phenoxy) is 3. The van der Waals surface area contributed by atoms with Crippen molar-refractivity contribution in [2.75, 3.05) is 26.2 Å². The fourth-order valence-corrected chi connectivity index (χ4v) is 4.44. The molecule has 4 rings (SSSR count). The van der Waals surface area contributed by atoms with Gasteiger partial charge in [-0.05, 0) is 48.0 Å². The summed E-state index contributed by atoms with van der Waals surface area (Å²) in [6, 6.07) is 19.4. The highest BCUT2D eigenvalue weighted by atomic mass is 32.2. The highest BCUT2D eigenvalue weighted by molar-refractivity contribution is 7.99.